The summed E-state index contributed by atoms with van der Waals surface area (Å²) in [5.74, 6) is -0.879. The smallest absolute Gasteiger partial charge is 0.270 e. The minimum Gasteiger partial charge on any atom is -0.338 e. The van der Waals surface area contributed by atoms with Crippen molar-refractivity contribution in [3.05, 3.63) is 135 Å². The van der Waals surface area contributed by atoms with Gasteiger partial charge in [-0.3, -0.25) is 24.5 Å². The van der Waals surface area contributed by atoms with Gasteiger partial charge in [-0.2, -0.15) is 0 Å². The molecule has 1 aromatic heterocycles. The Bertz CT molecular complexity index is 2040. The van der Waals surface area contributed by atoms with Crippen LogP contribution in [0.15, 0.2) is 103 Å². The number of H-pyrrole nitrogens is 1. The average Bonchev–Trinajstić information content (AvgIpc) is 3.52. The molecule has 0 spiro atoms. The number of hydrogen-bond acceptors (Lipinski definition) is 6. The normalized spacial score (nSPS) is 12.7. The van der Waals surface area contributed by atoms with E-state index < -0.39 is 22.5 Å². The fourth-order valence-electron chi connectivity index (χ4n) is 5.15. The molecule has 1 aliphatic heterocycles. The van der Waals surface area contributed by atoms with E-state index in [1.165, 1.54) is 42.5 Å². The number of amides is 2. The van der Waals surface area contributed by atoms with E-state index in [4.69, 9.17) is 4.98 Å². The molecule has 5 aromatic carbocycles. The molecule has 2 heterocycles. The number of aromatic amines is 1. The maximum absolute atomic E-state index is 13.3. The van der Waals surface area contributed by atoms with Crippen molar-refractivity contribution in [1.82, 2.24) is 9.97 Å². The van der Waals surface area contributed by atoms with Crippen LogP contribution in [0.25, 0.3) is 33.2 Å². The number of anilines is 1. The largest absolute Gasteiger partial charge is 0.338 e. The molecule has 0 unspecified atom stereocenters. The Kier molecular flexibility index (Phi) is 5.33. The summed E-state index contributed by atoms with van der Waals surface area (Å²) in [6, 6.07) is 28.6. The van der Waals surface area contributed by atoms with Crippen LogP contribution in [-0.4, -0.2) is 32.5 Å². The molecule has 9 nitrogen and oxygen atoms in total. The van der Waals surface area contributed by atoms with Gasteiger partial charge in [0, 0.05) is 28.8 Å². The second kappa shape index (κ2) is 9.06. The lowest BCUT2D eigenvalue weighted by Gasteiger charge is -2.14. The van der Waals surface area contributed by atoms with Gasteiger partial charge in [-0.1, -0.05) is 42.5 Å². The average molecular weight is 539 g/mol. The summed E-state index contributed by atoms with van der Waals surface area (Å²) in [6.07, 6.45) is 0. The summed E-state index contributed by atoms with van der Waals surface area (Å²) in [7, 11) is 0. The molecular formula is C32H18N4O5. The number of ketones is 1. The number of fused-ring (bicyclic) bond motifs is 3. The first kappa shape index (κ1) is 24.1. The second-order valence-corrected chi connectivity index (χ2v) is 9.69. The molecule has 7 rings (SSSR count). The highest BCUT2D eigenvalue weighted by Gasteiger charge is 2.37. The monoisotopic (exact) mass is 538 g/mol. The van der Waals surface area contributed by atoms with Gasteiger partial charge in [0.2, 0.25) is 0 Å². The molecule has 1 N–H and O–H groups in total. The quantitative estimate of drug-likeness (QED) is 0.118. The number of imidazole rings is 1. The third kappa shape index (κ3) is 3.95. The molecule has 41 heavy (non-hydrogen) atoms. The van der Waals surface area contributed by atoms with E-state index in [-0.39, 0.29) is 27.9 Å². The van der Waals surface area contributed by atoms with E-state index in [9.17, 15) is 24.5 Å². The van der Waals surface area contributed by atoms with E-state index in [2.05, 4.69) is 4.98 Å². The molecule has 0 bridgehead atoms. The Balaban J connectivity index is 1.17. The Morgan fingerprint density at radius 3 is 2.22 bits per heavy atom. The first-order valence-corrected chi connectivity index (χ1v) is 12.7. The number of aromatic nitrogens is 2. The van der Waals surface area contributed by atoms with Crippen LogP contribution in [0.3, 0.4) is 0 Å². The van der Waals surface area contributed by atoms with Gasteiger partial charge in [0.25, 0.3) is 17.5 Å². The van der Waals surface area contributed by atoms with Crippen LogP contribution in [0.4, 0.5) is 11.4 Å². The van der Waals surface area contributed by atoms with Gasteiger partial charge < -0.3 is 4.98 Å². The van der Waals surface area contributed by atoms with Gasteiger partial charge >= 0.3 is 0 Å². The molecule has 0 fully saturated rings. The lowest BCUT2D eigenvalue weighted by Crippen LogP contribution is -2.29. The maximum atomic E-state index is 13.3. The number of nitro benzene ring substituents is 1. The number of carbonyl (C=O) groups excluding carboxylic acids is 3. The van der Waals surface area contributed by atoms with Gasteiger partial charge in [0.1, 0.15) is 5.82 Å². The van der Waals surface area contributed by atoms with Gasteiger partial charge in [-0.05, 0) is 59.3 Å². The molecule has 0 radical (unpaired) electrons. The number of hydrogen-bond donors (Lipinski definition) is 1. The SMILES string of the molecule is O=C(c1cccc([N+](=O)[O-])c1)c1ccc2c(c1)C(=O)N(c1ccc(-c3nc4cc5ccccc5cc4[nH]3)cc1)C2=O. The van der Waals surface area contributed by atoms with Crippen molar-refractivity contribution in [2.45, 2.75) is 0 Å². The van der Waals surface area contributed by atoms with Crippen LogP contribution in [-0.2, 0) is 0 Å². The van der Waals surface area contributed by atoms with Gasteiger partial charge in [-0.15, -0.1) is 0 Å². The third-order valence-electron chi connectivity index (χ3n) is 7.22. The topological polar surface area (TPSA) is 126 Å². The molecule has 0 aliphatic carbocycles. The number of non-ortho nitro benzene ring substituents is 1. The highest BCUT2D eigenvalue weighted by atomic mass is 16.6. The summed E-state index contributed by atoms with van der Waals surface area (Å²) in [6.45, 7) is 0. The van der Waals surface area contributed by atoms with Crippen molar-refractivity contribution in [1.29, 1.82) is 0 Å². The second-order valence-electron chi connectivity index (χ2n) is 9.69. The number of nitrogens with zero attached hydrogens (tertiary/aromatic N) is 3. The number of nitrogens with one attached hydrogen (secondary N) is 1. The minimum atomic E-state index is -0.582. The first-order valence-electron chi connectivity index (χ1n) is 12.7. The van der Waals surface area contributed by atoms with Crippen molar-refractivity contribution in [2.75, 3.05) is 4.90 Å². The van der Waals surface area contributed by atoms with Crippen LogP contribution < -0.4 is 4.90 Å². The Hall–Kier alpha value is -5.96. The Labute approximate surface area is 231 Å². The van der Waals surface area contributed by atoms with E-state index in [1.54, 1.807) is 24.3 Å². The Morgan fingerprint density at radius 2 is 1.46 bits per heavy atom. The van der Waals surface area contributed by atoms with Crippen LogP contribution in [0.5, 0.6) is 0 Å². The van der Waals surface area contributed by atoms with Crippen LogP contribution in [0.1, 0.15) is 36.6 Å². The predicted octanol–water partition coefficient (Wildman–Crippen LogP) is 6.32. The van der Waals surface area contributed by atoms with Crippen LogP contribution in [0.2, 0.25) is 0 Å². The number of carbonyl (C=O) groups is 3. The van der Waals surface area contributed by atoms with Gasteiger partial charge in [0.05, 0.1) is 32.8 Å². The molecule has 6 aromatic rings. The number of rotatable bonds is 5. The fourth-order valence-corrected chi connectivity index (χ4v) is 5.15. The molecule has 0 atom stereocenters. The van der Waals surface area contributed by atoms with Crippen molar-refractivity contribution in [3.8, 4) is 11.4 Å². The summed E-state index contributed by atoms with van der Waals surface area (Å²) >= 11 is 0. The maximum Gasteiger partial charge on any atom is 0.270 e. The molecule has 0 saturated carbocycles. The van der Waals surface area contributed by atoms with Crippen molar-refractivity contribution in [3.63, 3.8) is 0 Å². The zero-order valence-corrected chi connectivity index (χ0v) is 21.2. The summed E-state index contributed by atoms with van der Waals surface area (Å²) in [5.41, 5.74) is 3.23. The number of imide groups is 1. The number of nitro groups is 1. The van der Waals surface area contributed by atoms with E-state index in [1.807, 2.05) is 36.4 Å². The standard InChI is InChI=1S/C32H18N4O5/c37-29(21-6-3-7-24(14-21)36(40)41)22-10-13-25-26(15-22)32(39)35(31(25)38)23-11-8-18(9-12-23)30-33-27-16-19-4-1-2-5-20(19)17-28(27)34-30/h1-17H,(H,33,34). The van der Waals surface area contributed by atoms with Crippen molar-refractivity contribution in [2.24, 2.45) is 0 Å². The summed E-state index contributed by atoms with van der Waals surface area (Å²) in [4.78, 5) is 59.2. The Morgan fingerprint density at radius 1 is 0.756 bits per heavy atom. The highest BCUT2D eigenvalue weighted by Crippen LogP contribution is 2.32. The van der Waals surface area contributed by atoms with E-state index in [0.29, 0.717) is 11.5 Å². The van der Waals surface area contributed by atoms with E-state index >= 15 is 0 Å². The lowest BCUT2D eigenvalue weighted by molar-refractivity contribution is -0.384. The zero-order valence-electron chi connectivity index (χ0n) is 21.2. The molecule has 9 heteroatoms. The zero-order chi connectivity index (χ0) is 28.2. The molecule has 196 valence electrons. The minimum absolute atomic E-state index is 0.0970. The fraction of sp³-hybridized carbons (Fsp3) is 0. The third-order valence-corrected chi connectivity index (χ3v) is 7.22. The highest BCUT2D eigenvalue weighted by molar-refractivity contribution is 6.35. The summed E-state index contributed by atoms with van der Waals surface area (Å²) in [5, 5.41) is 13.3. The molecule has 2 amide bonds. The molecule has 1 aliphatic rings. The first-order chi connectivity index (χ1) is 19.9. The van der Waals surface area contributed by atoms with E-state index in [0.717, 1.165) is 32.3 Å². The van der Waals surface area contributed by atoms with Crippen LogP contribution in [0, 0.1) is 10.1 Å². The van der Waals surface area contributed by atoms with Crippen molar-refractivity contribution >= 4 is 50.8 Å². The molecular weight excluding hydrogens is 520 g/mol. The van der Waals surface area contributed by atoms with Crippen molar-refractivity contribution < 1.29 is 19.3 Å². The summed E-state index contributed by atoms with van der Waals surface area (Å²) < 4.78 is 0. The lowest BCUT2D eigenvalue weighted by atomic mass is 9.99. The predicted molar refractivity (Wildman–Crippen MR) is 153 cm³/mol. The number of benzene rings is 5. The van der Waals surface area contributed by atoms with Gasteiger partial charge in [-0.25, -0.2) is 9.88 Å². The molecule has 0 saturated heterocycles. The van der Waals surface area contributed by atoms with Crippen LogP contribution >= 0.6 is 0 Å². The van der Waals surface area contributed by atoms with Gasteiger partial charge in [0.15, 0.2) is 5.78 Å².